The fourth-order valence-electron chi connectivity index (χ4n) is 3.91. The number of ether oxygens (including phenoxy) is 1. The summed E-state index contributed by atoms with van der Waals surface area (Å²) in [7, 11) is 1.52. The number of carboxylic acids is 1. The number of carbonyl (C=O) groups is 3. The average Bonchev–Trinajstić information content (AvgIpc) is 3.09. The summed E-state index contributed by atoms with van der Waals surface area (Å²) in [5, 5.41) is 20.2. The number of carboxylic acid groups (broad SMARTS) is 1. The summed E-state index contributed by atoms with van der Waals surface area (Å²) >= 11 is 3.35. The highest BCUT2D eigenvalue weighted by molar-refractivity contribution is 9.10. The summed E-state index contributed by atoms with van der Waals surface area (Å²) in [4.78, 5) is 38.8. The van der Waals surface area contributed by atoms with Crippen molar-refractivity contribution in [1.82, 2.24) is 4.90 Å². The molecular weight excluding hydrogens is 502 g/mol. The summed E-state index contributed by atoms with van der Waals surface area (Å²) in [5.41, 5.74) is 1.73. The molecule has 0 radical (unpaired) electrons. The zero-order valence-corrected chi connectivity index (χ0v) is 19.7. The van der Waals surface area contributed by atoms with Gasteiger partial charge >= 0.3 is 5.97 Å². The molecule has 1 aliphatic rings. The molecule has 3 aromatic carbocycles. The maximum atomic E-state index is 13.1. The van der Waals surface area contributed by atoms with E-state index >= 15 is 0 Å². The summed E-state index contributed by atoms with van der Waals surface area (Å²) < 4.78 is 6.13. The molecule has 172 valence electrons. The highest BCUT2D eigenvalue weighted by atomic mass is 79.9. The maximum Gasteiger partial charge on any atom is 0.335 e. The Morgan fingerprint density at radius 3 is 2.24 bits per heavy atom. The lowest BCUT2D eigenvalue weighted by Gasteiger charge is -2.26. The number of Topliss-reactive ketones (excluding diaryl/α,β-unsaturated/α-hetero) is 1. The van der Waals surface area contributed by atoms with Gasteiger partial charge < -0.3 is 19.8 Å². The first-order valence-electron chi connectivity index (χ1n) is 10.3. The molecule has 3 aromatic rings. The van der Waals surface area contributed by atoms with Gasteiger partial charge in [-0.05, 0) is 47.5 Å². The molecule has 0 aliphatic carbocycles. The minimum Gasteiger partial charge on any atom is -0.507 e. The fraction of sp³-hybridized carbons (Fsp3) is 0.115. The summed E-state index contributed by atoms with van der Waals surface area (Å²) in [6.07, 6.45) is 0. The van der Waals surface area contributed by atoms with E-state index in [2.05, 4.69) is 15.9 Å². The molecule has 34 heavy (non-hydrogen) atoms. The number of methoxy groups -OCH3 is 1. The first-order valence-corrected chi connectivity index (χ1v) is 11.1. The van der Waals surface area contributed by atoms with Gasteiger partial charge in [-0.1, -0.05) is 52.3 Å². The molecule has 1 fully saturated rings. The SMILES string of the molecule is COc1cccc(C2/C(=C(\O)c3ccc(Br)cc3)C(=O)C(=O)N2Cc2ccc(C(=O)O)cc2)c1. The number of hydrogen-bond donors (Lipinski definition) is 2. The molecule has 1 amide bonds. The van der Waals surface area contributed by atoms with Crippen LogP contribution < -0.4 is 4.74 Å². The van der Waals surface area contributed by atoms with Gasteiger partial charge in [0.05, 0.1) is 24.3 Å². The number of carbonyl (C=O) groups excluding carboxylic acids is 2. The van der Waals surface area contributed by atoms with E-state index in [1.165, 1.54) is 24.1 Å². The predicted molar refractivity (Wildman–Crippen MR) is 128 cm³/mol. The van der Waals surface area contributed by atoms with Gasteiger partial charge in [0.1, 0.15) is 11.5 Å². The topological polar surface area (TPSA) is 104 Å². The Kier molecular flexibility index (Phi) is 6.51. The molecule has 0 spiro atoms. The number of aromatic carboxylic acids is 1. The quantitative estimate of drug-likeness (QED) is 0.275. The standard InChI is InChI=1S/C26H20BrNO6/c1-34-20-4-2-3-18(13-20)22-21(23(29)16-9-11-19(27)12-10-16)24(30)25(31)28(22)14-15-5-7-17(8-6-15)26(32)33/h2-13,22,29H,14H2,1H3,(H,32,33)/b23-21+. The molecule has 1 unspecified atom stereocenters. The van der Waals surface area contributed by atoms with Crippen LogP contribution >= 0.6 is 15.9 Å². The zero-order valence-electron chi connectivity index (χ0n) is 18.1. The molecule has 1 atom stereocenters. The molecule has 7 nitrogen and oxygen atoms in total. The Labute approximate surface area is 204 Å². The van der Waals surface area contributed by atoms with Gasteiger partial charge in [0, 0.05) is 16.6 Å². The Bertz CT molecular complexity index is 1300. The van der Waals surface area contributed by atoms with Gasteiger partial charge in [-0.2, -0.15) is 0 Å². The van der Waals surface area contributed by atoms with Gasteiger partial charge in [-0.15, -0.1) is 0 Å². The van der Waals surface area contributed by atoms with Crippen LogP contribution in [0.4, 0.5) is 0 Å². The van der Waals surface area contributed by atoms with Gasteiger partial charge in [0.2, 0.25) is 0 Å². The third-order valence-corrected chi connectivity index (χ3v) is 6.15. The summed E-state index contributed by atoms with van der Waals surface area (Å²) in [6, 6.07) is 18.9. The number of nitrogens with zero attached hydrogens (tertiary/aromatic N) is 1. The van der Waals surface area contributed by atoms with Crippen LogP contribution in [0.5, 0.6) is 5.75 Å². The van der Waals surface area contributed by atoms with Crippen LogP contribution in [0, 0.1) is 0 Å². The molecule has 0 saturated carbocycles. The molecule has 2 N–H and O–H groups in total. The summed E-state index contributed by atoms with van der Waals surface area (Å²) in [6.45, 7) is 0.0451. The number of amides is 1. The van der Waals surface area contributed by atoms with Crippen molar-refractivity contribution in [1.29, 1.82) is 0 Å². The maximum absolute atomic E-state index is 13.1. The van der Waals surface area contributed by atoms with E-state index in [-0.39, 0.29) is 23.4 Å². The van der Waals surface area contributed by atoms with Crippen LogP contribution in [0.15, 0.2) is 82.8 Å². The Morgan fingerprint density at radius 2 is 1.62 bits per heavy atom. The molecule has 1 aliphatic heterocycles. The van der Waals surface area contributed by atoms with Crippen molar-refractivity contribution in [3.8, 4) is 5.75 Å². The van der Waals surface area contributed by atoms with E-state index in [0.29, 0.717) is 22.4 Å². The molecule has 1 saturated heterocycles. The second kappa shape index (κ2) is 9.52. The molecular formula is C26H20BrNO6. The predicted octanol–water partition coefficient (Wildman–Crippen LogP) is 4.78. The van der Waals surface area contributed by atoms with Crippen molar-refractivity contribution in [2.75, 3.05) is 7.11 Å². The van der Waals surface area contributed by atoms with Crippen molar-refractivity contribution >= 4 is 39.3 Å². The number of aliphatic hydroxyl groups excluding tert-OH is 1. The number of likely N-dealkylation sites (tertiary alicyclic amines) is 1. The molecule has 0 aromatic heterocycles. The monoisotopic (exact) mass is 521 g/mol. The Hall–Kier alpha value is -3.91. The highest BCUT2D eigenvalue weighted by Crippen LogP contribution is 2.41. The highest BCUT2D eigenvalue weighted by Gasteiger charge is 2.46. The van der Waals surface area contributed by atoms with Crippen LogP contribution in [0.3, 0.4) is 0 Å². The number of ketones is 1. The van der Waals surface area contributed by atoms with E-state index in [0.717, 1.165) is 4.47 Å². The van der Waals surface area contributed by atoms with Crippen LogP contribution in [0.2, 0.25) is 0 Å². The molecule has 1 heterocycles. The third kappa shape index (κ3) is 4.45. The van der Waals surface area contributed by atoms with E-state index in [1.807, 2.05) is 0 Å². The van der Waals surface area contributed by atoms with Crippen molar-refractivity contribution in [2.45, 2.75) is 12.6 Å². The van der Waals surface area contributed by atoms with Gasteiger partial charge in [0.25, 0.3) is 11.7 Å². The third-order valence-electron chi connectivity index (χ3n) is 5.62. The Morgan fingerprint density at radius 1 is 0.971 bits per heavy atom. The normalized spacial score (nSPS) is 17.1. The van der Waals surface area contributed by atoms with Crippen molar-refractivity contribution in [3.05, 3.63) is 105 Å². The second-order valence-electron chi connectivity index (χ2n) is 7.71. The molecule has 8 heteroatoms. The lowest BCUT2D eigenvalue weighted by Crippen LogP contribution is -2.29. The number of halogens is 1. The molecule has 4 rings (SSSR count). The van der Waals surface area contributed by atoms with E-state index in [9.17, 15) is 19.5 Å². The smallest absolute Gasteiger partial charge is 0.335 e. The van der Waals surface area contributed by atoms with Crippen LogP contribution in [-0.4, -0.2) is 39.9 Å². The largest absolute Gasteiger partial charge is 0.507 e. The van der Waals surface area contributed by atoms with Gasteiger partial charge in [-0.25, -0.2) is 4.79 Å². The average molecular weight is 522 g/mol. The first kappa shape index (κ1) is 23.3. The molecule has 0 bridgehead atoms. The van der Waals surface area contributed by atoms with Crippen LogP contribution in [0.1, 0.15) is 33.1 Å². The van der Waals surface area contributed by atoms with Crippen molar-refractivity contribution in [3.63, 3.8) is 0 Å². The van der Waals surface area contributed by atoms with E-state index < -0.39 is 23.7 Å². The van der Waals surface area contributed by atoms with Crippen LogP contribution in [0.25, 0.3) is 5.76 Å². The number of aliphatic hydroxyl groups is 1. The summed E-state index contributed by atoms with van der Waals surface area (Å²) in [5.74, 6) is -2.35. The number of rotatable bonds is 6. The Balaban J connectivity index is 1.83. The lowest BCUT2D eigenvalue weighted by molar-refractivity contribution is -0.140. The van der Waals surface area contributed by atoms with Crippen molar-refractivity contribution < 1.29 is 29.3 Å². The van der Waals surface area contributed by atoms with Gasteiger partial charge in [0.15, 0.2) is 0 Å². The number of hydrogen-bond acceptors (Lipinski definition) is 5. The lowest BCUT2D eigenvalue weighted by atomic mass is 9.95. The first-order chi connectivity index (χ1) is 16.3. The second-order valence-corrected chi connectivity index (χ2v) is 8.63. The van der Waals surface area contributed by atoms with Crippen molar-refractivity contribution in [2.24, 2.45) is 0 Å². The minimum absolute atomic E-state index is 0.0252. The van der Waals surface area contributed by atoms with E-state index in [1.54, 1.807) is 60.7 Å². The van der Waals surface area contributed by atoms with Crippen LogP contribution in [-0.2, 0) is 16.1 Å². The minimum atomic E-state index is -1.06. The number of benzene rings is 3. The van der Waals surface area contributed by atoms with E-state index in [4.69, 9.17) is 9.84 Å². The fourth-order valence-corrected chi connectivity index (χ4v) is 4.18. The zero-order chi connectivity index (χ0) is 24.4. The van der Waals surface area contributed by atoms with Gasteiger partial charge in [-0.3, -0.25) is 9.59 Å².